The lowest BCUT2D eigenvalue weighted by Gasteiger charge is -2.57. The summed E-state index contributed by atoms with van der Waals surface area (Å²) in [5.74, 6) is -2.59. The number of hydrogen-bond donors (Lipinski definition) is 4. The van der Waals surface area contributed by atoms with Crippen LogP contribution in [-0.2, 0) is 20.7 Å². The molecule has 2 fully saturated rings. The first-order chi connectivity index (χ1) is 17.3. The minimum Gasteiger partial charge on any atom is -0.457 e. The summed E-state index contributed by atoms with van der Waals surface area (Å²) in [5, 5.41) is 37.5. The fourth-order valence-corrected chi connectivity index (χ4v) is 7.16. The molecular weight excluding hydrogens is 470 g/mol. The molecule has 1 aromatic rings. The summed E-state index contributed by atoms with van der Waals surface area (Å²) >= 11 is 0. The van der Waals surface area contributed by atoms with Crippen LogP contribution in [0.5, 0.6) is 0 Å². The summed E-state index contributed by atoms with van der Waals surface area (Å²) in [6.07, 6.45) is 6.27. The predicted molar refractivity (Wildman–Crippen MR) is 140 cm³/mol. The van der Waals surface area contributed by atoms with E-state index in [0.29, 0.717) is 19.3 Å². The third-order valence-electron chi connectivity index (χ3n) is 8.98. The number of aliphatic hydroxyl groups is 3. The van der Waals surface area contributed by atoms with E-state index in [0.717, 1.165) is 5.56 Å². The maximum atomic E-state index is 14.2. The lowest BCUT2D eigenvalue weighted by molar-refractivity contribution is -0.217. The number of aliphatic hydroxyl groups excluding tert-OH is 1. The Kier molecular flexibility index (Phi) is 7.45. The summed E-state index contributed by atoms with van der Waals surface area (Å²) in [4.78, 5) is 26.6. The average Bonchev–Trinajstić information content (AvgIpc) is 3.08. The first-order valence-electron chi connectivity index (χ1n) is 13.3. The zero-order valence-electron chi connectivity index (χ0n) is 22.4. The highest BCUT2D eigenvalue weighted by molar-refractivity contribution is 5.89. The summed E-state index contributed by atoms with van der Waals surface area (Å²) < 4.78 is 5.87. The highest BCUT2D eigenvalue weighted by Crippen LogP contribution is 2.60. The van der Waals surface area contributed by atoms with Gasteiger partial charge in [-0.2, -0.15) is 0 Å². The Morgan fingerprint density at radius 2 is 1.81 bits per heavy atom. The van der Waals surface area contributed by atoms with Crippen molar-refractivity contribution in [2.75, 3.05) is 0 Å². The van der Waals surface area contributed by atoms with Gasteiger partial charge in [-0.25, -0.2) is 0 Å². The first kappa shape index (κ1) is 27.6. The molecule has 7 nitrogen and oxygen atoms in total. The molecule has 4 rings (SSSR count). The molecule has 4 N–H and O–H groups in total. The lowest BCUT2D eigenvalue weighted by Crippen LogP contribution is -2.68. The van der Waals surface area contributed by atoms with Crippen LogP contribution in [0.3, 0.4) is 0 Å². The van der Waals surface area contributed by atoms with E-state index < -0.39 is 52.5 Å². The number of amides is 1. The SMILES string of the molecule is CC(=O)O[C@@H]1/C=C/[C@](C)(O)C[C@@H](C)C/C=C/[C@H]2[C@H](O)[C@@](C)(O)[C@@H](C)[C@@H]3[C@H](Cc4ccccc4)NC(=O)[C@@]312. The average molecular weight is 512 g/mol. The van der Waals surface area contributed by atoms with Gasteiger partial charge in [-0.05, 0) is 56.6 Å². The second-order valence-electron chi connectivity index (χ2n) is 11.9. The van der Waals surface area contributed by atoms with E-state index in [1.165, 1.54) is 6.92 Å². The van der Waals surface area contributed by atoms with Crippen LogP contribution < -0.4 is 5.32 Å². The van der Waals surface area contributed by atoms with E-state index in [1.807, 2.05) is 56.3 Å². The van der Waals surface area contributed by atoms with Gasteiger partial charge in [-0.1, -0.05) is 62.4 Å². The molecule has 3 aliphatic rings. The Hall–Kier alpha value is -2.48. The highest BCUT2D eigenvalue weighted by atomic mass is 16.5. The van der Waals surface area contributed by atoms with Crippen molar-refractivity contribution in [1.82, 2.24) is 5.32 Å². The first-order valence-corrected chi connectivity index (χ1v) is 13.3. The molecule has 1 aromatic carbocycles. The zero-order valence-corrected chi connectivity index (χ0v) is 22.4. The van der Waals surface area contributed by atoms with E-state index in [1.54, 1.807) is 26.0 Å². The second-order valence-corrected chi connectivity index (χ2v) is 11.9. The molecule has 1 amide bonds. The van der Waals surface area contributed by atoms with E-state index in [-0.39, 0.29) is 17.9 Å². The Morgan fingerprint density at radius 3 is 2.46 bits per heavy atom. The number of benzene rings is 1. The number of hydrogen-bond acceptors (Lipinski definition) is 6. The molecule has 1 saturated carbocycles. The van der Waals surface area contributed by atoms with Gasteiger partial charge in [0.1, 0.15) is 11.5 Å². The molecule has 1 saturated heterocycles. The number of allylic oxidation sites excluding steroid dienone is 1. The van der Waals surface area contributed by atoms with Crippen LogP contribution in [0, 0.1) is 29.1 Å². The predicted octanol–water partition coefficient (Wildman–Crippen LogP) is 2.93. The van der Waals surface area contributed by atoms with E-state index >= 15 is 0 Å². The van der Waals surface area contributed by atoms with Gasteiger partial charge >= 0.3 is 5.97 Å². The summed E-state index contributed by atoms with van der Waals surface area (Å²) in [7, 11) is 0. The quantitative estimate of drug-likeness (QED) is 0.366. The molecule has 0 bridgehead atoms. The summed E-state index contributed by atoms with van der Waals surface area (Å²) in [6.45, 7) is 8.50. The molecular formula is C30H41NO6. The number of carbonyl (C=O) groups is 2. The minimum absolute atomic E-state index is 0.122. The molecule has 1 spiro atoms. The molecule has 0 radical (unpaired) electrons. The smallest absolute Gasteiger partial charge is 0.303 e. The molecule has 10 atom stereocenters. The lowest BCUT2D eigenvalue weighted by atomic mass is 9.48. The van der Waals surface area contributed by atoms with Crippen molar-refractivity contribution in [2.24, 2.45) is 29.1 Å². The van der Waals surface area contributed by atoms with Gasteiger partial charge in [-0.15, -0.1) is 0 Å². The van der Waals surface area contributed by atoms with Crippen molar-refractivity contribution in [2.45, 2.75) is 83.3 Å². The van der Waals surface area contributed by atoms with Crippen molar-refractivity contribution < 1.29 is 29.6 Å². The Morgan fingerprint density at radius 1 is 1.14 bits per heavy atom. The topological polar surface area (TPSA) is 116 Å². The number of rotatable bonds is 3. The number of nitrogens with one attached hydrogen (secondary N) is 1. The van der Waals surface area contributed by atoms with Gasteiger partial charge in [0, 0.05) is 24.8 Å². The van der Waals surface area contributed by atoms with Crippen LogP contribution in [0.2, 0.25) is 0 Å². The molecule has 0 unspecified atom stereocenters. The number of esters is 1. The van der Waals surface area contributed by atoms with Gasteiger partial charge in [0.25, 0.3) is 0 Å². The van der Waals surface area contributed by atoms with Crippen LogP contribution >= 0.6 is 0 Å². The Bertz CT molecular complexity index is 1060. The normalized spacial score (nSPS) is 45.5. The number of ether oxygens (including phenoxy) is 1. The van der Waals surface area contributed by atoms with E-state index in [2.05, 4.69) is 5.32 Å². The van der Waals surface area contributed by atoms with Gasteiger partial charge < -0.3 is 25.4 Å². The van der Waals surface area contributed by atoms with Crippen molar-refractivity contribution in [3.05, 3.63) is 60.2 Å². The van der Waals surface area contributed by atoms with Gasteiger partial charge in [0.15, 0.2) is 0 Å². The molecule has 37 heavy (non-hydrogen) atoms. The fourth-order valence-electron chi connectivity index (χ4n) is 7.16. The molecule has 0 aromatic heterocycles. The highest BCUT2D eigenvalue weighted by Gasteiger charge is 2.72. The molecule has 1 aliphatic heterocycles. The molecule has 7 heteroatoms. The van der Waals surface area contributed by atoms with Crippen molar-refractivity contribution in [1.29, 1.82) is 0 Å². The Labute approximate surface area is 219 Å². The van der Waals surface area contributed by atoms with Crippen molar-refractivity contribution in [3.63, 3.8) is 0 Å². The third-order valence-corrected chi connectivity index (χ3v) is 8.98. The van der Waals surface area contributed by atoms with Gasteiger partial charge in [0.05, 0.1) is 17.3 Å². The number of carbonyl (C=O) groups excluding carboxylic acids is 2. The van der Waals surface area contributed by atoms with Crippen LogP contribution in [0.25, 0.3) is 0 Å². The van der Waals surface area contributed by atoms with E-state index in [4.69, 9.17) is 4.74 Å². The van der Waals surface area contributed by atoms with Gasteiger partial charge in [0.2, 0.25) is 5.91 Å². The van der Waals surface area contributed by atoms with Crippen LogP contribution in [0.1, 0.15) is 53.0 Å². The van der Waals surface area contributed by atoms with Crippen LogP contribution in [0.4, 0.5) is 0 Å². The summed E-state index contributed by atoms with van der Waals surface area (Å²) in [5.41, 5.74) is -3.03. The van der Waals surface area contributed by atoms with Crippen molar-refractivity contribution >= 4 is 11.9 Å². The standard InChI is InChI=1S/C30H41NO6/c1-18-10-9-13-22-26(33)29(5,36)19(2)25-23(16-21-11-7-6-8-12-21)31-27(34)30(22,25)24(37-20(3)32)14-15-28(4,35)17-18/h6-9,11-15,18-19,22-26,33,35-36H,10,16-17H2,1-5H3,(H,31,34)/b13-9+,15-14+/t18-,19-,22-,23-,24+,25+,26-,28-,29-,30+/m0/s1. The third kappa shape index (κ3) is 4.89. The molecule has 1 heterocycles. The largest absolute Gasteiger partial charge is 0.457 e. The minimum atomic E-state index is -1.49. The molecule has 2 aliphatic carbocycles. The Balaban J connectivity index is 1.95. The summed E-state index contributed by atoms with van der Waals surface area (Å²) in [6, 6.07) is 9.44. The van der Waals surface area contributed by atoms with E-state index in [9.17, 15) is 24.9 Å². The van der Waals surface area contributed by atoms with Crippen molar-refractivity contribution in [3.8, 4) is 0 Å². The maximum absolute atomic E-state index is 14.2. The maximum Gasteiger partial charge on any atom is 0.303 e. The zero-order chi connectivity index (χ0) is 27.2. The van der Waals surface area contributed by atoms with Crippen LogP contribution in [-0.4, -0.2) is 56.6 Å². The second kappa shape index (κ2) is 10.0. The van der Waals surface area contributed by atoms with Gasteiger partial charge in [-0.3, -0.25) is 9.59 Å². The monoisotopic (exact) mass is 511 g/mol. The molecule has 202 valence electrons. The van der Waals surface area contributed by atoms with Crippen LogP contribution in [0.15, 0.2) is 54.6 Å². The fraction of sp³-hybridized carbons (Fsp3) is 0.600.